The zero-order chi connectivity index (χ0) is 17.4. The monoisotopic (exact) mass is 354 g/mol. The largest absolute Gasteiger partial charge is 0.312 e. The Morgan fingerprint density at radius 3 is 2.64 bits per heavy atom. The molecule has 0 saturated heterocycles. The molecule has 0 radical (unpaired) electrons. The summed E-state index contributed by atoms with van der Waals surface area (Å²) in [5.41, 5.74) is 4.20. The van der Waals surface area contributed by atoms with Crippen LogP contribution in [0.3, 0.4) is 0 Å². The zero-order valence-corrected chi connectivity index (χ0v) is 15.1. The van der Waals surface area contributed by atoms with Crippen LogP contribution in [0.2, 0.25) is 0 Å². The molecule has 2 aromatic carbocycles. The first-order valence-electron chi connectivity index (χ1n) is 8.78. The van der Waals surface area contributed by atoms with Crippen LogP contribution in [0, 0.1) is 0 Å². The predicted molar refractivity (Wildman–Crippen MR) is 100 cm³/mol. The Bertz CT molecular complexity index is 1020. The number of aryl methyl sites for hydroxylation is 1. The van der Waals surface area contributed by atoms with Crippen molar-refractivity contribution in [1.82, 2.24) is 9.29 Å². The second-order valence-corrected chi connectivity index (χ2v) is 8.40. The predicted octanol–water partition coefficient (Wildman–Crippen LogP) is 3.48. The fourth-order valence-electron chi connectivity index (χ4n) is 3.63. The lowest BCUT2D eigenvalue weighted by Crippen LogP contribution is -2.15. The standard InChI is InChI=1S/C20H22N2O2S/c1-2-4-15-7-9-18(10-8-15)25(23,24)22-14-17-11-12-21-13-16-5-3-6-19(22)20(16)17/h3,5-10,14,21H,2,4,11-13H2,1H3. The molecule has 1 aliphatic heterocycles. The molecule has 0 unspecified atom stereocenters. The molecule has 4 rings (SSSR count). The molecule has 1 aromatic heterocycles. The van der Waals surface area contributed by atoms with Crippen molar-refractivity contribution in [2.24, 2.45) is 0 Å². The van der Waals surface area contributed by atoms with Gasteiger partial charge in [-0.05, 0) is 54.3 Å². The highest BCUT2D eigenvalue weighted by Crippen LogP contribution is 2.30. The van der Waals surface area contributed by atoms with Crippen LogP contribution in [0.4, 0.5) is 0 Å². The molecule has 0 atom stereocenters. The molecule has 2 heterocycles. The molecule has 5 heteroatoms. The van der Waals surface area contributed by atoms with E-state index >= 15 is 0 Å². The lowest BCUT2D eigenvalue weighted by atomic mass is 10.1. The summed E-state index contributed by atoms with van der Waals surface area (Å²) in [6.45, 7) is 3.76. The average Bonchev–Trinajstić information content (AvgIpc) is 2.87. The van der Waals surface area contributed by atoms with Crippen molar-refractivity contribution in [2.75, 3.05) is 6.54 Å². The van der Waals surface area contributed by atoms with Crippen molar-refractivity contribution < 1.29 is 8.42 Å². The first kappa shape index (κ1) is 16.4. The van der Waals surface area contributed by atoms with Crippen LogP contribution in [-0.4, -0.2) is 18.9 Å². The molecule has 0 amide bonds. The van der Waals surface area contributed by atoms with Crippen LogP contribution in [0.25, 0.3) is 10.9 Å². The minimum Gasteiger partial charge on any atom is -0.312 e. The molecule has 0 bridgehead atoms. The summed E-state index contributed by atoms with van der Waals surface area (Å²) in [5.74, 6) is 0. The smallest absolute Gasteiger partial charge is 0.268 e. The van der Waals surface area contributed by atoms with Crippen molar-refractivity contribution in [1.29, 1.82) is 0 Å². The second-order valence-electron chi connectivity index (χ2n) is 6.59. The van der Waals surface area contributed by atoms with Gasteiger partial charge in [0, 0.05) is 18.1 Å². The zero-order valence-electron chi connectivity index (χ0n) is 14.3. The SMILES string of the molecule is CCCc1ccc(S(=O)(=O)n2cc3c4c(cccc42)CNCC3)cc1. The molecule has 0 spiro atoms. The first-order chi connectivity index (χ1) is 12.1. The Balaban J connectivity index is 1.86. The number of nitrogens with one attached hydrogen (secondary N) is 1. The summed E-state index contributed by atoms with van der Waals surface area (Å²) in [6, 6.07) is 13.2. The highest BCUT2D eigenvalue weighted by atomic mass is 32.2. The van der Waals surface area contributed by atoms with Gasteiger partial charge in [0.05, 0.1) is 10.4 Å². The van der Waals surface area contributed by atoms with Crippen molar-refractivity contribution in [2.45, 2.75) is 37.6 Å². The molecule has 0 fully saturated rings. The van der Waals surface area contributed by atoms with Crippen LogP contribution >= 0.6 is 0 Å². The summed E-state index contributed by atoms with van der Waals surface area (Å²) in [5, 5.41) is 4.47. The second kappa shape index (κ2) is 6.32. The first-order valence-corrected chi connectivity index (χ1v) is 10.2. The van der Waals surface area contributed by atoms with Gasteiger partial charge in [0.1, 0.15) is 0 Å². The minimum absolute atomic E-state index is 0.344. The van der Waals surface area contributed by atoms with Gasteiger partial charge in [-0.15, -0.1) is 0 Å². The van der Waals surface area contributed by atoms with E-state index < -0.39 is 10.0 Å². The van der Waals surface area contributed by atoms with Crippen molar-refractivity contribution in [3.05, 3.63) is 65.4 Å². The number of aromatic nitrogens is 1. The van der Waals surface area contributed by atoms with Gasteiger partial charge < -0.3 is 5.32 Å². The van der Waals surface area contributed by atoms with Gasteiger partial charge >= 0.3 is 0 Å². The quantitative estimate of drug-likeness (QED) is 0.780. The average molecular weight is 354 g/mol. The van der Waals surface area contributed by atoms with Gasteiger partial charge in [-0.3, -0.25) is 0 Å². The van der Waals surface area contributed by atoms with Gasteiger partial charge in [-0.1, -0.05) is 37.6 Å². The van der Waals surface area contributed by atoms with Crippen LogP contribution in [0.5, 0.6) is 0 Å². The van der Waals surface area contributed by atoms with Gasteiger partial charge in [-0.2, -0.15) is 0 Å². The van der Waals surface area contributed by atoms with Crippen LogP contribution in [-0.2, 0) is 29.4 Å². The molecule has 130 valence electrons. The number of rotatable bonds is 4. The molecule has 25 heavy (non-hydrogen) atoms. The van der Waals surface area contributed by atoms with Gasteiger partial charge in [0.15, 0.2) is 0 Å². The van der Waals surface area contributed by atoms with E-state index in [0.717, 1.165) is 54.4 Å². The normalized spacial score (nSPS) is 14.6. The Kier molecular flexibility index (Phi) is 4.13. The number of nitrogens with zero attached hydrogens (tertiary/aromatic N) is 1. The molecule has 0 saturated carbocycles. The van der Waals surface area contributed by atoms with Crippen LogP contribution in [0.15, 0.2) is 53.6 Å². The van der Waals surface area contributed by atoms with Crippen molar-refractivity contribution >= 4 is 20.9 Å². The summed E-state index contributed by atoms with van der Waals surface area (Å²) in [6.07, 6.45) is 4.66. The number of hydrogen-bond acceptors (Lipinski definition) is 3. The van der Waals surface area contributed by atoms with E-state index in [0.29, 0.717) is 4.90 Å². The summed E-state index contributed by atoms with van der Waals surface area (Å²) in [7, 11) is -3.59. The van der Waals surface area contributed by atoms with Gasteiger partial charge in [-0.25, -0.2) is 12.4 Å². The fourth-order valence-corrected chi connectivity index (χ4v) is 5.01. The van der Waals surface area contributed by atoms with Crippen molar-refractivity contribution in [3.8, 4) is 0 Å². The molecule has 3 aromatic rings. The minimum atomic E-state index is -3.59. The molecular formula is C20H22N2O2S. The maximum Gasteiger partial charge on any atom is 0.268 e. The molecule has 0 aliphatic carbocycles. The van der Waals surface area contributed by atoms with Gasteiger partial charge in [0.25, 0.3) is 10.0 Å². The van der Waals surface area contributed by atoms with E-state index in [1.807, 2.05) is 24.3 Å². The maximum absolute atomic E-state index is 13.2. The lowest BCUT2D eigenvalue weighted by Gasteiger charge is -2.09. The molecule has 4 nitrogen and oxygen atoms in total. The summed E-state index contributed by atoms with van der Waals surface area (Å²) in [4.78, 5) is 0.344. The number of benzene rings is 2. The van der Waals surface area contributed by atoms with E-state index in [-0.39, 0.29) is 0 Å². The Morgan fingerprint density at radius 2 is 1.88 bits per heavy atom. The topological polar surface area (TPSA) is 51.1 Å². The molecular weight excluding hydrogens is 332 g/mol. The van der Waals surface area contributed by atoms with E-state index in [1.165, 1.54) is 9.54 Å². The van der Waals surface area contributed by atoms with Crippen molar-refractivity contribution in [3.63, 3.8) is 0 Å². The Hall–Kier alpha value is -2.11. The van der Waals surface area contributed by atoms with Gasteiger partial charge in [0.2, 0.25) is 0 Å². The third-order valence-electron chi connectivity index (χ3n) is 4.87. The summed E-state index contributed by atoms with van der Waals surface area (Å²) < 4.78 is 27.9. The summed E-state index contributed by atoms with van der Waals surface area (Å²) >= 11 is 0. The third kappa shape index (κ3) is 2.77. The van der Waals surface area contributed by atoms with Crippen LogP contribution in [0.1, 0.15) is 30.0 Å². The molecule has 1 N–H and O–H groups in total. The maximum atomic E-state index is 13.2. The Labute approximate surface area is 148 Å². The lowest BCUT2D eigenvalue weighted by molar-refractivity contribution is 0.588. The van der Waals surface area contributed by atoms with E-state index in [4.69, 9.17) is 0 Å². The third-order valence-corrected chi connectivity index (χ3v) is 6.55. The highest BCUT2D eigenvalue weighted by Gasteiger charge is 2.23. The Morgan fingerprint density at radius 1 is 1.08 bits per heavy atom. The number of hydrogen-bond donors (Lipinski definition) is 1. The molecule has 1 aliphatic rings. The van der Waals surface area contributed by atoms with E-state index in [1.54, 1.807) is 18.3 Å². The van der Waals surface area contributed by atoms with Crippen LogP contribution < -0.4 is 5.32 Å². The van der Waals surface area contributed by atoms with E-state index in [9.17, 15) is 8.42 Å². The van der Waals surface area contributed by atoms with E-state index in [2.05, 4.69) is 18.3 Å². The highest BCUT2D eigenvalue weighted by molar-refractivity contribution is 7.90. The fraction of sp³-hybridized carbons (Fsp3) is 0.300.